The SMILES string of the molecule is CCOC(=O)C(C)(c1ccccc1C1CCCCO1)N1CCC(OCCCCc2ccc3c(n2)NCCC3)C1. The lowest BCUT2D eigenvalue weighted by Gasteiger charge is -2.39. The molecule has 7 nitrogen and oxygen atoms in total. The fourth-order valence-corrected chi connectivity index (χ4v) is 6.32. The highest BCUT2D eigenvalue weighted by Crippen LogP contribution is 2.40. The van der Waals surface area contributed by atoms with Gasteiger partial charge in [-0.2, -0.15) is 0 Å². The normalized spacial score (nSPS) is 23.0. The predicted molar refractivity (Wildman–Crippen MR) is 153 cm³/mol. The van der Waals surface area contributed by atoms with E-state index in [0.717, 1.165) is 100 Å². The third-order valence-electron chi connectivity index (χ3n) is 8.59. The molecule has 0 spiro atoms. The van der Waals surface area contributed by atoms with Crippen LogP contribution in [-0.4, -0.2) is 61.4 Å². The van der Waals surface area contributed by atoms with E-state index < -0.39 is 5.54 Å². The number of unbranched alkanes of at least 4 members (excludes halogenated alkanes) is 1. The molecule has 0 radical (unpaired) electrons. The first-order valence-electron chi connectivity index (χ1n) is 15.1. The van der Waals surface area contributed by atoms with E-state index in [0.29, 0.717) is 13.2 Å². The number of benzene rings is 1. The van der Waals surface area contributed by atoms with Crippen molar-refractivity contribution < 1.29 is 19.0 Å². The minimum atomic E-state index is -0.877. The number of carbonyl (C=O) groups excluding carboxylic acids is 1. The topological polar surface area (TPSA) is 72.9 Å². The maximum Gasteiger partial charge on any atom is 0.330 e. The largest absolute Gasteiger partial charge is 0.464 e. The number of anilines is 1. The predicted octanol–water partition coefficient (Wildman–Crippen LogP) is 5.57. The number of likely N-dealkylation sites (tertiary alicyclic amines) is 1. The Morgan fingerprint density at radius 2 is 2.05 bits per heavy atom. The average molecular weight is 536 g/mol. The molecular formula is C32H45N3O4. The van der Waals surface area contributed by atoms with Gasteiger partial charge in [-0.1, -0.05) is 30.3 Å². The number of aromatic nitrogens is 1. The second-order valence-corrected chi connectivity index (χ2v) is 11.3. The minimum absolute atomic E-state index is 0.0266. The van der Waals surface area contributed by atoms with Crippen molar-refractivity contribution in [2.75, 3.05) is 44.8 Å². The van der Waals surface area contributed by atoms with Gasteiger partial charge in [-0.15, -0.1) is 0 Å². The Hall–Kier alpha value is -2.48. The zero-order chi connectivity index (χ0) is 27.1. The number of rotatable bonds is 11. The number of fused-ring (bicyclic) bond motifs is 1. The Morgan fingerprint density at radius 3 is 2.90 bits per heavy atom. The number of carbonyl (C=O) groups is 1. The van der Waals surface area contributed by atoms with Crippen LogP contribution in [-0.2, 0) is 37.4 Å². The van der Waals surface area contributed by atoms with Gasteiger partial charge in [0.2, 0.25) is 0 Å². The van der Waals surface area contributed by atoms with Crippen molar-refractivity contribution in [2.24, 2.45) is 0 Å². The molecule has 212 valence electrons. The maximum absolute atomic E-state index is 13.6. The number of ether oxygens (including phenoxy) is 3. The number of esters is 1. The highest BCUT2D eigenvalue weighted by atomic mass is 16.5. The molecule has 3 atom stereocenters. The minimum Gasteiger partial charge on any atom is -0.464 e. The zero-order valence-corrected chi connectivity index (χ0v) is 23.8. The molecule has 0 amide bonds. The monoisotopic (exact) mass is 535 g/mol. The van der Waals surface area contributed by atoms with E-state index in [2.05, 4.69) is 40.5 Å². The van der Waals surface area contributed by atoms with Crippen molar-refractivity contribution in [3.8, 4) is 0 Å². The van der Waals surface area contributed by atoms with Crippen molar-refractivity contribution in [1.82, 2.24) is 9.88 Å². The first-order chi connectivity index (χ1) is 19.1. The number of nitrogens with one attached hydrogen (secondary N) is 1. The van der Waals surface area contributed by atoms with Gasteiger partial charge in [0.25, 0.3) is 0 Å². The quantitative estimate of drug-likeness (QED) is 0.298. The molecule has 2 fully saturated rings. The second kappa shape index (κ2) is 13.2. The van der Waals surface area contributed by atoms with Gasteiger partial charge in [-0.25, -0.2) is 9.78 Å². The number of hydrogen-bond donors (Lipinski definition) is 1. The summed E-state index contributed by atoms with van der Waals surface area (Å²) in [6.07, 6.45) is 9.61. The molecule has 3 aliphatic heterocycles. The first kappa shape index (κ1) is 28.1. The highest BCUT2D eigenvalue weighted by molar-refractivity contribution is 5.83. The molecule has 39 heavy (non-hydrogen) atoms. The van der Waals surface area contributed by atoms with Crippen LogP contribution in [0.1, 0.15) is 87.3 Å². The maximum atomic E-state index is 13.6. The van der Waals surface area contributed by atoms with Crippen LogP contribution in [0.25, 0.3) is 0 Å². The van der Waals surface area contributed by atoms with Crippen LogP contribution in [0.2, 0.25) is 0 Å². The van der Waals surface area contributed by atoms with Crippen LogP contribution >= 0.6 is 0 Å². The molecule has 1 aromatic heterocycles. The lowest BCUT2D eigenvalue weighted by molar-refractivity contribution is -0.157. The second-order valence-electron chi connectivity index (χ2n) is 11.3. The third kappa shape index (κ3) is 6.47. The summed E-state index contributed by atoms with van der Waals surface area (Å²) in [6.45, 7) is 8.29. The molecule has 7 heteroatoms. The van der Waals surface area contributed by atoms with Gasteiger partial charge < -0.3 is 19.5 Å². The van der Waals surface area contributed by atoms with Gasteiger partial charge in [-0.05, 0) is 94.4 Å². The Kier molecular flexibility index (Phi) is 9.53. The molecule has 1 aromatic carbocycles. The summed E-state index contributed by atoms with van der Waals surface area (Å²) >= 11 is 0. The van der Waals surface area contributed by atoms with E-state index in [1.54, 1.807) is 0 Å². The summed E-state index contributed by atoms with van der Waals surface area (Å²) in [4.78, 5) is 20.6. The van der Waals surface area contributed by atoms with E-state index in [1.807, 2.05) is 19.9 Å². The van der Waals surface area contributed by atoms with Crippen LogP contribution in [0, 0.1) is 0 Å². The average Bonchev–Trinajstić information content (AvgIpc) is 3.46. The van der Waals surface area contributed by atoms with Crippen LogP contribution in [0.4, 0.5) is 5.82 Å². The van der Waals surface area contributed by atoms with Crippen molar-refractivity contribution in [3.63, 3.8) is 0 Å². The van der Waals surface area contributed by atoms with Gasteiger partial charge in [-0.3, -0.25) is 4.90 Å². The fraction of sp³-hybridized carbons (Fsp3) is 0.625. The van der Waals surface area contributed by atoms with Crippen LogP contribution in [0.5, 0.6) is 0 Å². The molecule has 4 heterocycles. The van der Waals surface area contributed by atoms with Crippen molar-refractivity contribution in [3.05, 3.63) is 58.8 Å². The standard InChI is InChI=1S/C32H45N3O4/c1-3-37-31(36)32(2,28-14-5-4-13-27(28)29-15-7-9-22-39-29)35-20-18-26(23-35)38-21-8-6-12-25-17-16-24-11-10-19-33-30(24)34-25/h4-5,13-14,16-17,26,29H,3,6-12,15,18-23H2,1-2H3,(H,33,34). The molecule has 0 bridgehead atoms. The summed E-state index contributed by atoms with van der Waals surface area (Å²) < 4.78 is 18.2. The molecule has 2 aromatic rings. The third-order valence-corrected chi connectivity index (χ3v) is 8.59. The number of hydrogen-bond acceptors (Lipinski definition) is 7. The summed E-state index contributed by atoms with van der Waals surface area (Å²) in [5.41, 5.74) is 3.73. The fourth-order valence-electron chi connectivity index (χ4n) is 6.32. The summed E-state index contributed by atoms with van der Waals surface area (Å²) in [5, 5.41) is 3.43. The van der Waals surface area contributed by atoms with Crippen molar-refractivity contribution in [2.45, 2.75) is 89.4 Å². The highest BCUT2D eigenvalue weighted by Gasteiger charge is 2.47. The van der Waals surface area contributed by atoms with Gasteiger partial charge in [0.05, 0.1) is 18.8 Å². The number of pyridine rings is 1. The molecule has 0 aliphatic carbocycles. The van der Waals surface area contributed by atoms with Gasteiger partial charge in [0.1, 0.15) is 11.4 Å². The molecule has 0 saturated carbocycles. The molecule has 2 saturated heterocycles. The molecule has 3 unspecified atom stereocenters. The summed E-state index contributed by atoms with van der Waals surface area (Å²) in [7, 11) is 0. The van der Waals surface area contributed by atoms with Crippen LogP contribution in [0.15, 0.2) is 36.4 Å². The van der Waals surface area contributed by atoms with E-state index in [4.69, 9.17) is 19.2 Å². The van der Waals surface area contributed by atoms with E-state index >= 15 is 0 Å². The van der Waals surface area contributed by atoms with Crippen LogP contribution in [0.3, 0.4) is 0 Å². The van der Waals surface area contributed by atoms with E-state index in [1.165, 1.54) is 12.0 Å². The lowest BCUT2D eigenvalue weighted by Crippen LogP contribution is -2.50. The lowest BCUT2D eigenvalue weighted by atomic mass is 9.83. The summed E-state index contributed by atoms with van der Waals surface area (Å²) in [5.74, 6) is 0.878. The van der Waals surface area contributed by atoms with Gasteiger partial charge >= 0.3 is 5.97 Å². The van der Waals surface area contributed by atoms with Crippen molar-refractivity contribution in [1.29, 1.82) is 0 Å². The molecule has 3 aliphatic rings. The Labute approximate surface area is 233 Å². The number of aryl methyl sites for hydroxylation is 2. The Balaban J connectivity index is 1.18. The van der Waals surface area contributed by atoms with E-state index in [9.17, 15) is 4.79 Å². The van der Waals surface area contributed by atoms with Gasteiger partial charge in [0.15, 0.2) is 0 Å². The van der Waals surface area contributed by atoms with Crippen LogP contribution < -0.4 is 5.32 Å². The smallest absolute Gasteiger partial charge is 0.330 e. The van der Waals surface area contributed by atoms with Crippen molar-refractivity contribution >= 4 is 11.8 Å². The first-order valence-corrected chi connectivity index (χ1v) is 15.1. The molecular weight excluding hydrogens is 490 g/mol. The molecule has 1 N–H and O–H groups in total. The molecule has 5 rings (SSSR count). The van der Waals surface area contributed by atoms with E-state index in [-0.39, 0.29) is 18.2 Å². The Bertz CT molecular complexity index is 1100. The van der Waals surface area contributed by atoms with Gasteiger partial charge in [0, 0.05) is 38.5 Å². The Morgan fingerprint density at radius 1 is 1.15 bits per heavy atom. The zero-order valence-electron chi connectivity index (χ0n) is 23.8. The number of nitrogens with zero attached hydrogens (tertiary/aromatic N) is 2. The summed E-state index contributed by atoms with van der Waals surface area (Å²) in [6, 6.07) is 12.7.